The van der Waals surface area contributed by atoms with Crippen molar-refractivity contribution in [3.05, 3.63) is 28.7 Å². The molecule has 0 unspecified atom stereocenters. The maximum absolute atomic E-state index is 12.2. The summed E-state index contributed by atoms with van der Waals surface area (Å²) in [4.78, 5) is 14.6. The fraction of sp³-hybridized carbons (Fsp3) is 0.562. The van der Waals surface area contributed by atoms with Crippen LogP contribution in [0.15, 0.2) is 28.7 Å². The van der Waals surface area contributed by atoms with Crippen LogP contribution >= 0.6 is 15.9 Å². The lowest BCUT2D eigenvalue weighted by Gasteiger charge is -2.32. The van der Waals surface area contributed by atoms with E-state index in [0.717, 1.165) is 36.9 Å². The second-order valence-corrected chi connectivity index (χ2v) is 6.26. The molecule has 1 N–H and O–H groups in total. The Labute approximate surface area is 135 Å². The number of para-hydroxylation sites is 1. The normalized spacial score (nSPS) is 18.2. The van der Waals surface area contributed by atoms with Crippen LogP contribution in [-0.4, -0.2) is 42.6 Å². The number of carbonyl (C=O) groups excluding carboxylic acids is 1. The van der Waals surface area contributed by atoms with Crippen molar-refractivity contribution in [3.8, 4) is 5.75 Å². The van der Waals surface area contributed by atoms with E-state index in [1.54, 1.807) is 6.92 Å². The van der Waals surface area contributed by atoms with E-state index < -0.39 is 6.10 Å². The molecule has 0 bridgehead atoms. The zero-order valence-corrected chi connectivity index (χ0v) is 14.2. The number of piperidine rings is 1. The predicted octanol–water partition coefficient (Wildman–Crippen LogP) is 2.82. The van der Waals surface area contributed by atoms with E-state index in [1.807, 2.05) is 24.3 Å². The molecule has 21 heavy (non-hydrogen) atoms. The van der Waals surface area contributed by atoms with E-state index in [9.17, 15) is 4.79 Å². The van der Waals surface area contributed by atoms with Crippen molar-refractivity contribution in [2.24, 2.45) is 0 Å². The third-order valence-corrected chi connectivity index (χ3v) is 4.55. The van der Waals surface area contributed by atoms with E-state index >= 15 is 0 Å². The van der Waals surface area contributed by atoms with Gasteiger partial charge in [-0.3, -0.25) is 4.79 Å². The Morgan fingerprint density at radius 2 is 2.10 bits per heavy atom. The number of carbonyl (C=O) groups is 1. The molecule has 0 aromatic heterocycles. The van der Waals surface area contributed by atoms with Crippen molar-refractivity contribution in [1.82, 2.24) is 10.2 Å². The first-order valence-corrected chi connectivity index (χ1v) is 8.33. The Morgan fingerprint density at radius 3 is 2.71 bits per heavy atom. The van der Waals surface area contributed by atoms with Gasteiger partial charge in [-0.2, -0.15) is 0 Å². The zero-order valence-electron chi connectivity index (χ0n) is 12.6. The highest BCUT2D eigenvalue weighted by molar-refractivity contribution is 9.10. The van der Waals surface area contributed by atoms with Gasteiger partial charge in [0.15, 0.2) is 6.10 Å². The van der Waals surface area contributed by atoms with E-state index in [1.165, 1.54) is 0 Å². The fourth-order valence-electron chi connectivity index (χ4n) is 2.50. The Morgan fingerprint density at radius 1 is 1.43 bits per heavy atom. The number of nitrogens with one attached hydrogen (secondary N) is 1. The van der Waals surface area contributed by atoms with Crippen LogP contribution in [0.25, 0.3) is 0 Å². The summed E-state index contributed by atoms with van der Waals surface area (Å²) in [6.45, 7) is 7.16. The van der Waals surface area contributed by atoms with Crippen molar-refractivity contribution < 1.29 is 9.53 Å². The predicted molar refractivity (Wildman–Crippen MR) is 87.5 cm³/mol. The van der Waals surface area contributed by atoms with Gasteiger partial charge in [0.1, 0.15) is 5.75 Å². The van der Waals surface area contributed by atoms with Gasteiger partial charge in [0, 0.05) is 19.1 Å². The molecule has 0 spiro atoms. The summed E-state index contributed by atoms with van der Waals surface area (Å²) < 4.78 is 6.58. The van der Waals surface area contributed by atoms with Gasteiger partial charge >= 0.3 is 0 Å². The molecule has 1 aromatic carbocycles. The summed E-state index contributed by atoms with van der Waals surface area (Å²) in [5.41, 5.74) is 0. The molecule has 1 amide bonds. The number of hydrogen-bond donors (Lipinski definition) is 1. The van der Waals surface area contributed by atoms with Gasteiger partial charge < -0.3 is 15.0 Å². The van der Waals surface area contributed by atoms with Crippen molar-refractivity contribution in [2.75, 3.05) is 19.6 Å². The first-order valence-electron chi connectivity index (χ1n) is 7.54. The molecular weight excluding hydrogens is 332 g/mol. The molecule has 1 aliphatic rings. The van der Waals surface area contributed by atoms with Crippen LogP contribution in [-0.2, 0) is 4.79 Å². The van der Waals surface area contributed by atoms with Gasteiger partial charge in [0.05, 0.1) is 4.47 Å². The molecule has 1 heterocycles. The molecule has 0 radical (unpaired) electrons. The first-order chi connectivity index (χ1) is 10.1. The minimum absolute atomic E-state index is 0.0410. The first kappa shape index (κ1) is 16.3. The number of hydrogen-bond acceptors (Lipinski definition) is 3. The smallest absolute Gasteiger partial charge is 0.260 e. The summed E-state index contributed by atoms with van der Waals surface area (Å²) >= 11 is 3.42. The van der Waals surface area contributed by atoms with Gasteiger partial charge in [-0.25, -0.2) is 0 Å². The molecule has 0 aliphatic carbocycles. The zero-order chi connectivity index (χ0) is 15.2. The minimum Gasteiger partial charge on any atom is -0.480 e. The minimum atomic E-state index is -0.493. The number of benzene rings is 1. The molecule has 1 atom stereocenters. The molecule has 4 nitrogen and oxygen atoms in total. The van der Waals surface area contributed by atoms with Gasteiger partial charge in [-0.15, -0.1) is 0 Å². The maximum atomic E-state index is 12.2. The van der Waals surface area contributed by atoms with Crippen LogP contribution in [0.4, 0.5) is 0 Å². The van der Waals surface area contributed by atoms with Crippen molar-refractivity contribution in [3.63, 3.8) is 0 Å². The monoisotopic (exact) mass is 354 g/mol. The van der Waals surface area contributed by atoms with Crippen LogP contribution in [0.5, 0.6) is 5.75 Å². The summed E-state index contributed by atoms with van der Waals surface area (Å²) in [5, 5.41) is 3.10. The van der Waals surface area contributed by atoms with Crippen molar-refractivity contribution in [1.29, 1.82) is 0 Å². The standard InChI is InChI=1S/C16H23BrN2O2/c1-3-19-10-8-13(9-11-19)18-16(20)12(2)21-15-7-5-4-6-14(15)17/h4-7,12-13H,3,8-11H2,1-2H3,(H,18,20)/t12-/m1/s1. The maximum Gasteiger partial charge on any atom is 0.260 e. The number of likely N-dealkylation sites (tertiary alicyclic amines) is 1. The summed E-state index contributed by atoms with van der Waals surface area (Å²) in [6.07, 6.45) is 1.54. The second-order valence-electron chi connectivity index (χ2n) is 5.41. The highest BCUT2D eigenvalue weighted by Crippen LogP contribution is 2.24. The molecule has 0 saturated carbocycles. The van der Waals surface area contributed by atoms with Gasteiger partial charge in [-0.05, 0) is 54.4 Å². The van der Waals surface area contributed by atoms with Crippen LogP contribution in [0.3, 0.4) is 0 Å². The molecule has 1 aliphatic heterocycles. The second kappa shape index (κ2) is 7.80. The lowest BCUT2D eigenvalue weighted by Crippen LogP contribution is -2.48. The van der Waals surface area contributed by atoms with Gasteiger partial charge in [0.25, 0.3) is 5.91 Å². The molecule has 1 fully saturated rings. The Hall–Kier alpha value is -1.07. The van der Waals surface area contributed by atoms with Crippen molar-refractivity contribution in [2.45, 2.75) is 38.8 Å². The number of rotatable bonds is 5. The quantitative estimate of drug-likeness (QED) is 0.883. The highest BCUT2D eigenvalue weighted by atomic mass is 79.9. The van der Waals surface area contributed by atoms with Crippen molar-refractivity contribution >= 4 is 21.8 Å². The fourth-order valence-corrected chi connectivity index (χ4v) is 2.87. The third kappa shape index (κ3) is 4.71. The summed E-state index contributed by atoms with van der Waals surface area (Å²) in [5.74, 6) is 0.654. The van der Waals surface area contributed by atoms with Crippen LogP contribution < -0.4 is 10.1 Å². The van der Waals surface area contributed by atoms with Crippen LogP contribution in [0.2, 0.25) is 0 Å². The van der Waals surface area contributed by atoms with E-state index in [0.29, 0.717) is 5.75 Å². The third-order valence-electron chi connectivity index (χ3n) is 3.89. The molecule has 5 heteroatoms. The van der Waals surface area contributed by atoms with E-state index in [4.69, 9.17) is 4.74 Å². The number of amides is 1. The molecule has 2 rings (SSSR count). The number of ether oxygens (including phenoxy) is 1. The molecule has 1 aromatic rings. The molecular formula is C16H23BrN2O2. The van der Waals surface area contributed by atoms with Crippen LogP contribution in [0.1, 0.15) is 26.7 Å². The van der Waals surface area contributed by atoms with E-state index in [-0.39, 0.29) is 11.9 Å². The largest absolute Gasteiger partial charge is 0.480 e. The number of halogens is 1. The Kier molecular flexibility index (Phi) is 6.06. The highest BCUT2D eigenvalue weighted by Gasteiger charge is 2.23. The molecule has 116 valence electrons. The Balaban J connectivity index is 1.82. The summed E-state index contributed by atoms with van der Waals surface area (Å²) in [7, 11) is 0. The summed E-state index contributed by atoms with van der Waals surface area (Å²) in [6, 6.07) is 7.84. The van der Waals surface area contributed by atoms with Gasteiger partial charge in [-0.1, -0.05) is 19.1 Å². The lowest BCUT2D eigenvalue weighted by molar-refractivity contribution is -0.128. The molecule has 1 saturated heterocycles. The lowest BCUT2D eigenvalue weighted by atomic mass is 10.0. The Bertz CT molecular complexity index is 473. The van der Waals surface area contributed by atoms with Crippen LogP contribution in [0, 0.1) is 0 Å². The van der Waals surface area contributed by atoms with Gasteiger partial charge in [0.2, 0.25) is 0 Å². The average Bonchev–Trinajstić information content (AvgIpc) is 2.50. The SMILES string of the molecule is CCN1CCC(NC(=O)[C@@H](C)Oc2ccccc2Br)CC1. The number of nitrogens with zero attached hydrogens (tertiary/aromatic N) is 1. The van der Waals surface area contributed by atoms with E-state index in [2.05, 4.69) is 33.1 Å². The average molecular weight is 355 g/mol. The topological polar surface area (TPSA) is 41.6 Å².